The van der Waals surface area contributed by atoms with Gasteiger partial charge in [0.15, 0.2) is 11.6 Å². The summed E-state index contributed by atoms with van der Waals surface area (Å²) in [6.45, 7) is 0. The molecule has 0 saturated carbocycles. The molecule has 3 aromatic rings. The van der Waals surface area contributed by atoms with Gasteiger partial charge in [-0.25, -0.2) is 4.98 Å². The van der Waals surface area contributed by atoms with E-state index in [1.807, 2.05) is 0 Å². The second kappa shape index (κ2) is 6.88. The fraction of sp³-hybridized carbons (Fsp3) is 0.125. The SMILES string of the molecule is COc1ccc(-c2n[nH]c(C(N)c3ccc(Cl)cc3)n2)cc1[N+](=O)[O-]. The van der Waals surface area contributed by atoms with Crippen LogP contribution in [-0.2, 0) is 0 Å². The quantitative estimate of drug-likeness (QED) is 0.533. The molecule has 1 atom stereocenters. The summed E-state index contributed by atoms with van der Waals surface area (Å²) in [5.74, 6) is 0.920. The third-order valence-corrected chi connectivity index (χ3v) is 3.91. The van der Waals surface area contributed by atoms with Crippen LogP contribution in [0.2, 0.25) is 5.02 Å². The number of hydrogen-bond donors (Lipinski definition) is 2. The van der Waals surface area contributed by atoms with Crippen LogP contribution in [-0.4, -0.2) is 27.2 Å². The number of nitrogens with one attached hydrogen (secondary N) is 1. The summed E-state index contributed by atoms with van der Waals surface area (Å²) in [6.07, 6.45) is 0. The molecule has 3 rings (SSSR count). The van der Waals surface area contributed by atoms with Gasteiger partial charge in [-0.1, -0.05) is 23.7 Å². The Kier molecular flexibility index (Phi) is 4.64. The van der Waals surface area contributed by atoms with Crippen LogP contribution >= 0.6 is 11.6 Å². The van der Waals surface area contributed by atoms with Crippen molar-refractivity contribution in [2.24, 2.45) is 5.73 Å². The summed E-state index contributed by atoms with van der Waals surface area (Å²) >= 11 is 5.87. The van der Waals surface area contributed by atoms with E-state index in [9.17, 15) is 10.1 Å². The van der Waals surface area contributed by atoms with Crippen LogP contribution in [0.5, 0.6) is 5.75 Å². The zero-order valence-corrected chi connectivity index (χ0v) is 13.9. The van der Waals surface area contributed by atoms with E-state index < -0.39 is 11.0 Å². The van der Waals surface area contributed by atoms with Crippen molar-refractivity contribution in [1.82, 2.24) is 15.2 Å². The van der Waals surface area contributed by atoms with Gasteiger partial charge >= 0.3 is 5.69 Å². The van der Waals surface area contributed by atoms with Crippen LogP contribution in [0.4, 0.5) is 5.69 Å². The van der Waals surface area contributed by atoms with E-state index in [0.29, 0.717) is 22.2 Å². The standard InChI is InChI=1S/C16H14ClN5O3/c1-25-13-7-4-10(8-12(13)22(23)24)15-19-16(21-20-15)14(18)9-2-5-11(17)6-3-9/h2-8,14H,18H2,1H3,(H,19,20,21). The fourth-order valence-corrected chi connectivity index (χ4v) is 2.47. The molecule has 0 bridgehead atoms. The van der Waals surface area contributed by atoms with Crippen molar-refractivity contribution in [3.63, 3.8) is 0 Å². The van der Waals surface area contributed by atoms with Crippen LogP contribution in [0, 0.1) is 10.1 Å². The number of nitro benzene ring substituents is 1. The molecule has 128 valence electrons. The molecule has 1 aromatic heterocycles. The lowest BCUT2D eigenvalue weighted by Gasteiger charge is -2.08. The van der Waals surface area contributed by atoms with Gasteiger partial charge in [0.2, 0.25) is 0 Å². The van der Waals surface area contributed by atoms with Crippen LogP contribution in [0.15, 0.2) is 42.5 Å². The molecule has 0 amide bonds. The summed E-state index contributed by atoms with van der Waals surface area (Å²) in [5.41, 5.74) is 7.31. The largest absolute Gasteiger partial charge is 0.490 e. The average Bonchev–Trinajstić information content (AvgIpc) is 3.11. The predicted octanol–water partition coefficient (Wildman–Crippen LogP) is 3.09. The van der Waals surface area contributed by atoms with E-state index in [0.717, 1.165) is 5.56 Å². The molecular formula is C16H14ClN5O3. The minimum absolute atomic E-state index is 0.159. The second-order valence-electron chi connectivity index (χ2n) is 5.22. The van der Waals surface area contributed by atoms with Gasteiger partial charge in [0.25, 0.3) is 0 Å². The maximum Gasteiger partial charge on any atom is 0.311 e. The lowest BCUT2D eigenvalue weighted by Crippen LogP contribution is -2.13. The van der Waals surface area contributed by atoms with E-state index in [4.69, 9.17) is 22.1 Å². The molecule has 3 N–H and O–H groups in total. The van der Waals surface area contributed by atoms with Crippen LogP contribution < -0.4 is 10.5 Å². The first kappa shape index (κ1) is 16.9. The van der Waals surface area contributed by atoms with E-state index in [2.05, 4.69) is 15.2 Å². The Labute approximate surface area is 147 Å². The molecular weight excluding hydrogens is 346 g/mol. The summed E-state index contributed by atoms with van der Waals surface area (Å²) in [5, 5.41) is 18.6. The van der Waals surface area contributed by atoms with Crippen molar-refractivity contribution >= 4 is 17.3 Å². The first-order chi connectivity index (χ1) is 12.0. The van der Waals surface area contributed by atoms with Gasteiger partial charge in [0, 0.05) is 16.7 Å². The molecule has 0 spiro atoms. The summed E-state index contributed by atoms with van der Waals surface area (Å²) in [6, 6.07) is 11.1. The Morgan fingerprint density at radius 1 is 1.28 bits per heavy atom. The third-order valence-electron chi connectivity index (χ3n) is 3.66. The maximum absolute atomic E-state index is 11.1. The van der Waals surface area contributed by atoms with E-state index in [-0.39, 0.29) is 11.4 Å². The fourth-order valence-electron chi connectivity index (χ4n) is 2.34. The highest BCUT2D eigenvalue weighted by atomic mass is 35.5. The lowest BCUT2D eigenvalue weighted by molar-refractivity contribution is -0.385. The number of H-pyrrole nitrogens is 1. The van der Waals surface area contributed by atoms with Gasteiger partial charge in [0.05, 0.1) is 18.1 Å². The number of hydrogen-bond acceptors (Lipinski definition) is 6. The zero-order valence-electron chi connectivity index (χ0n) is 13.1. The number of nitro groups is 1. The van der Waals surface area contributed by atoms with E-state index in [1.54, 1.807) is 30.3 Å². The number of halogens is 1. The molecule has 0 radical (unpaired) electrons. The Hall–Kier alpha value is -2.97. The molecule has 0 saturated heterocycles. The molecule has 0 aliphatic heterocycles. The van der Waals surface area contributed by atoms with Gasteiger partial charge < -0.3 is 10.5 Å². The van der Waals surface area contributed by atoms with Crippen LogP contribution in [0.25, 0.3) is 11.4 Å². The minimum atomic E-state index is -0.522. The molecule has 1 unspecified atom stereocenters. The van der Waals surface area contributed by atoms with Crippen molar-refractivity contribution in [3.8, 4) is 17.1 Å². The normalized spacial score (nSPS) is 12.0. The Bertz CT molecular complexity index is 910. The van der Waals surface area contributed by atoms with Gasteiger partial charge in [-0.15, -0.1) is 0 Å². The second-order valence-corrected chi connectivity index (χ2v) is 5.65. The summed E-state index contributed by atoms with van der Waals surface area (Å²) in [7, 11) is 1.37. The maximum atomic E-state index is 11.1. The van der Waals surface area contributed by atoms with Gasteiger partial charge in [0.1, 0.15) is 5.82 Å². The average molecular weight is 360 g/mol. The highest BCUT2D eigenvalue weighted by molar-refractivity contribution is 6.30. The molecule has 2 aromatic carbocycles. The molecule has 0 fully saturated rings. The number of rotatable bonds is 5. The van der Waals surface area contributed by atoms with Gasteiger partial charge in [-0.05, 0) is 29.8 Å². The smallest absolute Gasteiger partial charge is 0.311 e. The Balaban J connectivity index is 1.92. The molecule has 0 aliphatic rings. The predicted molar refractivity (Wildman–Crippen MR) is 92.5 cm³/mol. The van der Waals surface area contributed by atoms with E-state index in [1.165, 1.54) is 19.2 Å². The molecule has 9 heteroatoms. The number of methoxy groups -OCH3 is 1. The van der Waals surface area contributed by atoms with Crippen molar-refractivity contribution in [2.75, 3.05) is 7.11 Å². The summed E-state index contributed by atoms with van der Waals surface area (Å²) < 4.78 is 4.99. The molecule has 0 aliphatic carbocycles. The number of nitrogens with two attached hydrogens (primary N) is 1. The molecule has 1 heterocycles. The van der Waals surface area contributed by atoms with Crippen molar-refractivity contribution in [2.45, 2.75) is 6.04 Å². The number of ether oxygens (including phenoxy) is 1. The summed E-state index contributed by atoms with van der Waals surface area (Å²) in [4.78, 5) is 15.0. The van der Waals surface area contributed by atoms with Crippen molar-refractivity contribution in [3.05, 3.63) is 69.0 Å². The van der Waals surface area contributed by atoms with E-state index >= 15 is 0 Å². The Morgan fingerprint density at radius 2 is 2.00 bits per heavy atom. The minimum Gasteiger partial charge on any atom is -0.490 e. The third kappa shape index (κ3) is 3.44. The first-order valence-corrected chi connectivity index (χ1v) is 7.63. The molecule has 25 heavy (non-hydrogen) atoms. The Morgan fingerprint density at radius 3 is 2.64 bits per heavy atom. The monoisotopic (exact) mass is 359 g/mol. The van der Waals surface area contributed by atoms with Crippen LogP contribution in [0.1, 0.15) is 17.4 Å². The number of aromatic amines is 1. The van der Waals surface area contributed by atoms with Crippen LogP contribution in [0.3, 0.4) is 0 Å². The topological polar surface area (TPSA) is 120 Å². The number of aromatic nitrogens is 3. The van der Waals surface area contributed by atoms with Gasteiger partial charge in [-0.3, -0.25) is 15.2 Å². The molecule has 8 nitrogen and oxygen atoms in total. The van der Waals surface area contributed by atoms with Gasteiger partial charge in [-0.2, -0.15) is 5.10 Å². The highest BCUT2D eigenvalue weighted by Crippen LogP contribution is 2.31. The lowest BCUT2D eigenvalue weighted by atomic mass is 10.1. The van der Waals surface area contributed by atoms with Crippen molar-refractivity contribution in [1.29, 1.82) is 0 Å². The van der Waals surface area contributed by atoms with Crippen molar-refractivity contribution < 1.29 is 9.66 Å². The number of benzene rings is 2. The first-order valence-electron chi connectivity index (χ1n) is 7.25. The zero-order chi connectivity index (χ0) is 18.0. The highest BCUT2D eigenvalue weighted by Gasteiger charge is 2.19. The number of nitrogens with zero attached hydrogens (tertiary/aromatic N) is 3.